The minimum absolute atomic E-state index is 0.672. The van der Waals surface area contributed by atoms with Crippen LogP contribution in [0.25, 0.3) is 0 Å². The van der Waals surface area contributed by atoms with E-state index in [0.29, 0.717) is 5.57 Å². The summed E-state index contributed by atoms with van der Waals surface area (Å²) in [6.07, 6.45) is 15.5. The molecular formula is C20H30F2. The lowest BCUT2D eigenvalue weighted by Crippen LogP contribution is -2.23. The first-order valence-electron chi connectivity index (χ1n) is 8.96. The van der Waals surface area contributed by atoms with E-state index in [1.807, 2.05) is 0 Å². The molecule has 0 amide bonds. The highest BCUT2D eigenvalue weighted by Gasteiger charge is 2.28. The Kier molecular flexibility index (Phi) is 6.85. The van der Waals surface area contributed by atoms with Crippen molar-refractivity contribution >= 4 is 0 Å². The predicted molar refractivity (Wildman–Crippen MR) is 89.8 cm³/mol. The van der Waals surface area contributed by atoms with Crippen LogP contribution in [0, 0.1) is 17.8 Å². The Bertz CT molecular complexity index is 407. The summed E-state index contributed by atoms with van der Waals surface area (Å²) in [6.45, 7) is 6.79. The summed E-state index contributed by atoms with van der Waals surface area (Å²) >= 11 is 0. The SMILES string of the molecule is C=C(/C=C(/F)C(=C)F)CCC1CCC(C2CCCCC2)CC1. The van der Waals surface area contributed by atoms with Crippen molar-refractivity contribution in [2.45, 2.75) is 70.6 Å². The molecule has 2 saturated carbocycles. The van der Waals surface area contributed by atoms with E-state index >= 15 is 0 Å². The average Bonchev–Trinajstić information content (AvgIpc) is 2.54. The van der Waals surface area contributed by atoms with Gasteiger partial charge < -0.3 is 0 Å². The molecule has 0 saturated heterocycles. The van der Waals surface area contributed by atoms with Gasteiger partial charge in [-0.15, -0.1) is 0 Å². The van der Waals surface area contributed by atoms with Gasteiger partial charge >= 0.3 is 0 Å². The predicted octanol–water partition coefficient (Wildman–Crippen LogP) is 7.05. The van der Waals surface area contributed by atoms with Crippen LogP contribution in [0.3, 0.4) is 0 Å². The van der Waals surface area contributed by atoms with Gasteiger partial charge in [0, 0.05) is 0 Å². The molecule has 0 aliphatic heterocycles. The highest BCUT2D eigenvalue weighted by Crippen LogP contribution is 2.41. The van der Waals surface area contributed by atoms with E-state index in [1.54, 1.807) is 0 Å². The molecule has 2 rings (SSSR count). The first-order chi connectivity index (χ1) is 10.6. The first-order valence-corrected chi connectivity index (χ1v) is 8.96. The van der Waals surface area contributed by atoms with Crippen molar-refractivity contribution in [1.82, 2.24) is 0 Å². The van der Waals surface area contributed by atoms with E-state index in [2.05, 4.69) is 13.2 Å². The van der Waals surface area contributed by atoms with E-state index in [4.69, 9.17) is 0 Å². The second kappa shape index (κ2) is 8.64. The van der Waals surface area contributed by atoms with Crippen LogP contribution < -0.4 is 0 Å². The molecule has 2 aliphatic rings. The van der Waals surface area contributed by atoms with Crippen molar-refractivity contribution < 1.29 is 8.78 Å². The van der Waals surface area contributed by atoms with E-state index in [0.717, 1.165) is 30.6 Å². The summed E-state index contributed by atoms with van der Waals surface area (Å²) in [4.78, 5) is 0. The van der Waals surface area contributed by atoms with Crippen LogP contribution in [0.2, 0.25) is 0 Å². The van der Waals surface area contributed by atoms with E-state index in [1.165, 1.54) is 63.9 Å². The van der Waals surface area contributed by atoms with Gasteiger partial charge in [-0.25, -0.2) is 8.78 Å². The molecule has 2 heteroatoms. The molecule has 0 nitrogen and oxygen atoms in total. The Labute approximate surface area is 134 Å². The van der Waals surface area contributed by atoms with Crippen molar-refractivity contribution in [3.8, 4) is 0 Å². The zero-order valence-electron chi connectivity index (χ0n) is 13.8. The van der Waals surface area contributed by atoms with Gasteiger partial charge in [0.15, 0.2) is 11.7 Å². The largest absolute Gasteiger partial charge is 0.204 e. The number of allylic oxidation sites excluding steroid dienone is 4. The lowest BCUT2D eigenvalue weighted by atomic mass is 9.70. The summed E-state index contributed by atoms with van der Waals surface area (Å²) in [6, 6.07) is 0. The summed E-state index contributed by atoms with van der Waals surface area (Å²) in [5.41, 5.74) is 0.672. The van der Waals surface area contributed by atoms with E-state index in [9.17, 15) is 8.78 Å². The molecule has 0 aromatic rings. The second-order valence-corrected chi connectivity index (χ2v) is 7.27. The number of halogens is 2. The zero-order valence-corrected chi connectivity index (χ0v) is 13.8. The third-order valence-electron chi connectivity index (χ3n) is 5.67. The maximum absolute atomic E-state index is 13.1. The molecule has 0 radical (unpaired) electrons. The standard InChI is InChI=1S/C20H30F2/c1-15(14-20(22)16(2)21)8-9-17-10-12-19(13-11-17)18-6-4-3-5-7-18/h14,17-19H,1-13H2/b20-14+. The van der Waals surface area contributed by atoms with Crippen LogP contribution >= 0.6 is 0 Å². The van der Waals surface area contributed by atoms with Crippen LogP contribution in [-0.2, 0) is 0 Å². The van der Waals surface area contributed by atoms with Gasteiger partial charge in [-0.3, -0.25) is 0 Å². The van der Waals surface area contributed by atoms with Gasteiger partial charge in [0.2, 0.25) is 0 Å². The number of hydrogen-bond donors (Lipinski definition) is 0. The second-order valence-electron chi connectivity index (χ2n) is 7.27. The van der Waals surface area contributed by atoms with Crippen LogP contribution in [0.1, 0.15) is 70.6 Å². The summed E-state index contributed by atoms with van der Waals surface area (Å²) < 4.78 is 25.7. The molecule has 0 aromatic heterocycles. The summed E-state index contributed by atoms with van der Waals surface area (Å²) in [7, 11) is 0. The highest BCUT2D eigenvalue weighted by molar-refractivity contribution is 5.25. The minimum Gasteiger partial charge on any atom is -0.204 e. The molecule has 0 aromatic carbocycles. The van der Waals surface area contributed by atoms with Crippen molar-refractivity contribution in [1.29, 1.82) is 0 Å². The van der Waals surface area contributed by atoms with Gasteiger partial charge in [0.25, 0.3) is 0 Å². The molecule has 0 spiro atoms. The summed E-state index contributed by atoms with van der Waals surface area (Å²) in [5, 5.41) is 0. The van der Waals surface area contributed by atoms with Gasteiger partial charge in [-0.05, 0) is 49.5 Å². The Balaban J connectivity index is 1.68. The molecule has 0 N–H and O–H groups in total. The molecule has 0 heterocycles. The van der Waals surface area contributed by atoms with Gasteiger partial charge in [-0.1, -0.05) is 63.7 Å². The monoisotopic (exact) mass is 308 g/mol. The van der Waals surface area contributed by atoms with E-state index in [-0.39, 0.29) is 0 Å². The third-order valence-corrected chi connectivity index (χ3v) is 5.67. The summed E-state index contributed by atoms with van der Waals surface area (Å²) in [5.74, 6) is 0.783. The number of hydrogen-bond acceptors (Lipinski definition) is 0. The fraction of sp³-hybridized carbons (Fsp3) is 0.700. The van der Waals surface area contributed by atoms with E-state index < -0.39 is 11.7 Å². The third kappa shape index (κ3) is 5.37. The molecule has 0 unspecified atom stereocenters. The van der Waals surface area contributed by atoms with Gasteiger partial charge in [-0.2, -0.15) is 0 Å². The smallest absolute Gasteiger partial charge is 0.158 e. The van der Waals surface area contributed by atoms with Crippen LogP contribution in [0.5, 0.6) is 0 Å². The fourth-order valence-electron chi connectivity index (χ4n) is 4.27. The Morgan fingerprint density at radius 2 is 1.45 bits per heavy atom. The lowest BCUT2D eigenvalue weighted by molar-refractivity contribution is 0.164. The van der Waals surface area contributed by atoms with Crippen molar-refractivity contribution in [3.05, 3.63) is 36.5 Å². The quantitative estimate of drug-likeness (QED) is 0.461. The Morgan fingerprint density at radius 1 is 0.864 bits per heavy atom. The van der Waals surface area contributed by atoms with Crippen molar-refractivity contribution in [2.75, 3.05) is 0 Å². The lowest BCUT2D eigenvalue weighted by Gasteiger charge is -2.36. The fourth-order valence-corrected chi connectivity index (χ4v) is 4.27. The molecule has 0 atom stereocenters. The van der Waals surface area contributed by atoms with Crippen molar-refractivity contribution in [3.63, 3.8) is 0 Å². The molecule has 22 heavy (non-hydrogen) atoms. The van der Waals surface area contributed by atoms with Crippen LogP contribution in [0.4, 0.5) is 8.78 Å². The highest BCUT2D eigenvalue weighted by atomic mass is 19.2. The zero-order chi connectivity index (χ0) is 15.9. The molecular weight excluding hydrogens is 278 g/mol. The van der Waals surface area contributed by atoms with Crippen molar-refractivity contribution in [2.24, 2.45) is 17.8 Å². The van der Waals surface area contributed by atoms with Crippen LogP contribution in [-0.4, -0.2) is 0 Å². The Morgan fingerprint density at radius 3 is 2.05 bits per heavy atom. The molecule has 2 aliphatic carbocycles. The topological polar surface area (TPSA) is 0 Å². The van der Waals surface area contributed by atoms with Crippen LogP contribution in [0.15, 0.2) is 36.5 Å². The van der Waals surface area contributed by atoms with Gasteiger partial charge in [0.05, 0.1) is 0 Å². The van der Waals surface area contributed by atoms with Gasteiger partial charge in [0.1, 0.15) is 0 Å². The maximum atomic E-state index is 13.1. The first kappa shape index (κ1) is 17.4. The molecule has 2 fully saturated rings. The molecule has 0 bridgehead atoms. The maximum Gasteiger partial charge on any atom is 0.158 e. The molecule has 124 valence electrons. The number of rotatable bonds is 6. The Hall–Kier alpha value is -0.920. The minimum atomic E-state index is -1.01. The normalized spacial score (nSPS) is 27.6. The average molecular weight is 308 g/mol.